The van der Waals surface area contributed by atoms with Crippen LogP contribution in [0, 0.1) is 0 Å². The third-order valence-electron chi connectivity index (χ3n) is 5.87. The van der Waals surface area contributed by atoms with Crippen LogP contribution in [0.4, 0.5) is 11.4 Å². The van der Waals surface area contributed by atoms with Crippen molar-refractivity contribution in [2.45, 2.75) is 0 Å². The quantitative estimate of drug-likeness (QED) is 0.296. The molecule has 0 aliphatic rings. The lowest BCUT2D eigenvalue weighted by atomic mass is 10.00. The van der Waals surface area contributed by atoms with Crippen LogP contribution >= 0.6 is 11.3 Å². The van der Waals surface area contributed by atoms with E-state index in [2.05, 4.69) is 121 Å². The van der Waals surface area contributed by atoms with Crippen molar-refractivity contribution < 1.29 is 0 Å². The molecule has 6 aromatic rings. The SMILES string of the molecule is c1ccc(Nc2ccccc2-c2ccc3sc4cc(-c5ccccc5)ccc4c3c2)cc1. The third-order valence-corrected chi connectivity index (χ3v) is 7.00. The van der Waals surface area contributed by atoms with E-state index in [9.17, 15) is 0 Å². The summed E-state index contributed by atoms with van der Waals surface area (Å²) in [6.07, 6.45) is 0. The molecule has 1 aromatic heterocycles. The van der Waals surface area contributed by atoms with Crippen LogP contribution in [0.25, 0.3) is 42.4 Å². The Labute approximate surface area is 191 Å². The predicted octanol–water partition coefficient (Wildman–Crippen LogP) is 9.13. The molecule has 152 valence electrons. The molecule has 0 aliphatic heterocycles. The number of anilines is 2. The van der Waals surface area contributed by atoms with Gasteiger partial charge in [-0.1, -0.05) is 84.9 Å². The molecule has 1 N–H and O–H groups in total. The van der Waals surface area contributed by atoms with Crippen molar-refractivity contribution in [3.63, 3.8) is 0 Å². The minimum Gasteiger partial charge on any atom is -0.355 e. The zero-order valence-electron chi connectivity index (χ0n) is 17.5. The van der Waals surface area contributed by atoms with Gasteiger partial charge < -0.3 is 5.32 Å². The molecule has 6 rings (SSSR count). The first-order valence-electron chi connectivity index (χ1n) is 10.8. The van der Waals surface area contributed by atoms with E-state index in [-0.39, 0.29) is 0 Å². The lowest BCUT2D eigenvalue weighted by molar-refractivity contribution is 1.54. The minimum atomic E-state index is 1.09. The average Bonchev–Trinajstić information content (AvgIpc) is 3.23. The van der Waals surface area contributed by atoms with Crippen LogP contribution in [0.5, 0.6) is 0 Å². The van der Waals surface area contributed by atoms with Crippen molar-refractivity contribution in [1.82, 2.24) is 0 Å². The van der Waals surface area contributed by atoms with Crippen LogP contribution in [0.1, 0.15) is 0 Å². The Morgan fingerprint density at radius 2 is 1.19 bits per heavy atom. The first-order valence-corrected chi connectivity index (χ1v) is 11.6. The highest BCUT2D eigenvalue weighted by Crippen LogP contribution is 2.39. The summed E-state index contributed by atoms with van der Waals surface area (Å²) in [6.45, 7) is 0. The fourth-order valence-electron chi connectivity index (χ4n) is 4.28. The highest BCUT2D eigenvalue weighted by molar-refractivity contribution is 7.25. The van der Waals surface area contributed by atoms with E-state index in [1.165, 1.54) is 42.4 Å². The van der Waals surface area contributed by atoms with Gasteiger partial charge in [-0.3, -0.25) is 0 Å². The fourth-order valence-corrected chi connectivity index (χ4v) is 5.40. The predicted molar refractivity (Wildman–Crippen MR) is 140 cm³/mol. The molecular weight excluding hydrogens is 406 g/mol. The Morgan fingerprint density at radius 1 is 0.469 bits per heavy atom. The van der Waals surface area contributed by atoms with Gasteiger partial charge in [-0.2, -0.15) is 0 Å². The minimum absolute atomic E-state index is 1.09. The van der Waals surface area contributed by atoms with Crippen LogP contribution in [-0.4, -0.2) is 0 Å². The number of para-hydroxylation sites is 2. The van der Waals surface area contributed by atoms with Gasteiger partial charge in [0.1, 0.15) is 0 Å². The van der Waals surface area contributed by atoms with E-state index in [1.807, 2.05) is 17.4 Å². The lowest BCUT2D eigenvalue weighted by Crippen LogP contribution is -1.92. The molecular formula is C30H21NS. The Kier molecular flexibility index (Phi) is 4.71. The van der Waals surface area contributed by atoms with Crippen molar-refractivity contribution in [3.8, 4) is 22.3 Å². The zero-order valence-corrected chi connectivity index (χ0v) is 18.3. The molecule has 0 saturated heterocycles. The number of hydrogen-bond acceptors (Lipinski definition) is 2. The molecule has 0 amide bonds. The zero-order chi connectivity index (χ0) is 21.3. The molecule has 0 saturated carbocycles. The first-order chi connectivity index (χ1) is 15.8. The van der Waals surface area contributed by atoms with Gasteiger partial charge in [-0.15, -0.1) is 11.3 Å². The maximum Gasteiger partial charge on any atom is 0.0463 e. The summed E-state index contributed by atoms with van der Waals surface area (Å²) in [5, 5.41) is 6.21. The van der Waals surface area contributed by atoms with Crippen LogP contribution in [-0.2, 0) is 0 Å². The van der Waals surface area contributed by atoms with Gasteiger partial charge in [-0.05, 0) is 53.1 Å². The molecule has 32 heavy (non-hydrogen) atoms. The van der Waals surface area contributed by atoms with Crippen molar-refractivity contribution in [2.24, 2.45) is 0 Å². The summed E-state index contributed by atoms with van der Waals surface area (Å²) in [7, 11) is 0. The number of thiophene rings is 1. The maximum absolute atomic E-state index is 3.58. The maximum atomic E-state index is 3.58. The lowest BCUT2D eigenvalue weighted by Gasteiger charge is -2.12. The summed E-state index contributed by atoms with van der Waals surface area (Å²) in [6, 6.07) is 43.1. The summed E-state index contributed by atoms with van der Waals surface area (Å²) in [5.41, 5.74) is 7.16. The van der Waals surface area contributed by atoms with Gasteiger partial charge in [-0.25, -0.2) is 0 Å². The second-order valence-electron chi connectivity index (χ2n) is 7.93. The number of hydrogen-bond donors (Lipinski definition) is 1. The molecule has 0 aliphatic carbocycles. The molecule has 1 nitrogen and oxygen atoms in total. The number of fused-ring (bicyclic) bond motifs is 3. The molecule has 0 unspecified atom stereocenters. The van der Waals surface area contributed by atoms with Crippen LogP contribution < -0.4 is 5.32 Å². The van der Waals surface area contributed by atoms with Crippen molar-refractivity contribution in [1.29, 1.82) is 0 Å². The second-order valence-corrected chi connectivity index (χ2v) is 9.01. The number of benzene rings is 5. The van der Waals surface area contributed by atoms with Gasteiger partial charge in [0.15, 0.2) is 0 Å². The van der Waals surface area contributed by atoms with E-state index in [4.69, 9.17) is 0 Å². The molecule has 2 heteroatoms. The van der Waals surface area contributed by atoms with E-state index >= 15 is 0 Å². The molecule has 0 atom stereocenters. The van der Waals surface area contributed by atoms with Crippen molar-refractivity contribution >= 4 is 42.9 Å². The number of nitrogens with one attached hydrogen (secondary N) is 1. The summed E-state index contributed by atoms with van der Waals surface area (Å²) >= 11 is 1.87. The molecule has 1 heterocycles. The summed E-state index contributed by atoms with van der Waals surface area (Å²) in [4.78, 5) is 0. The fraction of sp³-hybridized carbons (Fsp3) is 0. The Bertz CT molecular complexity index is 1530. The standard InChI is InChI=1S/C30H21NS/c1-3-9-21(10-4-1)22-15-17-26-27-19-23(16-18-29(27)32-30(26)20-22)25-13-7-8-14-28(25)31-24-11-5-2-6-12-24/h1-20,31H. The summed E-state index contributed by atoms with van der Waals surface area (Å²) < 4.78 is 2.65. The van der Waals surface area contributed by atoms with E-state index in [0.29, 0.717) is 0 Å². The van der Waals surface area contributed by atoms with E-state index < -0.39 is 0 Å². The molecule has 5 aromatic carbocycles. The monoisotopic (exact) mass is 427 g/mol. The van der Waals surface area contributed by atoms with Crippen molar-refractivity contribution in [2.75, 3.05) is 5.32 Å². The van der Waals surface area contributed by atoms with Crippen molar-refractivity contribution in [3.05, 3.63) is 121 Å². The average molecular weight is 428 g/mol. The Morgan fingerprint density at radius 3 is 2.03 bits per heavy atom. The smallest absolute Gasteiger partial charge is 0.0463 e. The van der Waals surface area contributed by atoms with Crippen LogP contribution in [0.2, 0.25) is 0 Å². The van der Waals surface area contributed by atoms with Gasteiger partial charge >= 0.3 is 0 Å². The molecule has 0 fully saturated rings. The highest BCUT2D eigenvalue weighted by Gasteiger charge is 2.10. The third kappa shape index (κ3) is 3.45. The highest BCUT2D eigenvalue weighted by atomic mass is 32.1. The second kappa shape index (κ2) is 7.99. The first kappa shape index (κ1) is 18.9. The van der Waals surface area contributed by atoms with Gasteiger partial charge in [0.2, 0.25) is 0 Å². The molecule has 0 radical (unpaired) electrons. The van der Waals surface area contributed by atoms with E-state index in [0.717, 1.165) is 11.4 Å². The molecule has 0 bridgehead atoms. The molecule has 0 spiro atoms. The number of rotatable bonds is 4. The summed E-state index contributed by atoms with van der Waals surface area (Å²) in [5.74, 6) is 0. The van der Waals surface area contributed by atoms with Gasteiger partial charge in [0.25, 0.3) is 0 Å². The van der Waals surface area contributed by atoms with E-state index in [1.54, 1.807) is 0 Å². The van der Waals surface area contributed by atoms with Crippen LogP contribution in [0.15, 0.2) is 121 Å². The van der Waals surface area contributed by atoms with Crippen LogP contribution in [0.3, 0.4) is 0 Å². The Hall–Kier alpha value is -3.88. The van der Waals surface area contributed by atoms with Gasteiger partial charge in [0.05, 0.1) is 0 Å². The largest absolute Gasteiger partial charge is 0.355 e. The van der Waals surface area contributed by atoms with Gasteiger partial charge in [0, 0.05) is 37.1 Å². The normalized spacial score (nSPS) is 11.1. The topological polar surface area (TPSA) is 12.0 Å². The Balaban J connectivity index is 1.44.